The molecule has 116 valence electrons. The summed E-state index contributed by atoms with van der Waals surface area (Å²) in [6.07, 6.45) is 0.866. The van der Waals surface area contributed by atoms with Gasteiger partial charge in [-0.25, -0.2) is 4.39 Å². The number of halogens is 1. The highest BCUT2D eigenvalue weighted by atomic mass is 32.2. The summed E-state index contributed by atoms with van der Waals surface area (Å²) in [4.78, 5) is 12.8. The minimum atomic E-state index is -0.463. The van der Waals surface area contributed by atoms with Crippen molar-refractivity contribution in [1.29, 1.82) is 0 Å². The molecule has 1 N–H and O–H groups in total. The molecule has 0 aliphatic rings. The van der Waals surface area contributed by atoms with Crippen molar-refractivity contribution in [2.45, 2.75) is 11.3 Å². The van der Waals surface area contributed by atoms with Crippen LogP contribution in [0.5, 0.6) is 5.75 Å². The predicted octanol–water partition coefficient (Wildman–Crippen LogP) is 3.50. The molecule has 5 heteroatoms. The van der Waals surface area contributed by atoms with Gasteiger partial charge >= 0.3 is 0 Å². The van der Waals surface area contributed by atoms with E-state index >= 15 is 0 Å². The van der Waals surface area contributed by atoms with Crippen LogP contribution < -0.4 is 10.1 Å². The fourth-order valence-corrected chi connectivity index (χ4v) is 2.64. The van der Waals surface area contributed by atoms with Crippen LogP contribution in [-0.4, -0.2) is 24.8 Å². The number of para-hydroxylation sites is 1. The first-order chi connectivity index (χ1) is 10.8. The van der Waals surface area contributed by atoms with Gasteiger partial charge in [-0.1, -0.05) is 30.3 Å². The van der Waals surface area contributed by atoms with Gasteiger partial charge in [-0.15, -0.1) is 11.8 Å². The SMILES string of the molecule is O=C(COc1ccccc1F)NCCCSc1ccccc1. The zero-order valence-electron chi connectivity index (χ0n) is 12.1. The van der Waals surface area contributed by atoms with E-state index in [9.17, 15) is 9.18 Å². The van der Waals surface area contributed by atoms with Gasteiger partial charge in [0.1, 0.15) is 0 Å². The van der Waals surface area contributed by atoms with Crippen LogP contribution in [0.25, 0.3) is 0 Å². The zero-order chi connectivity index (χ0) is 15.6. The number of nitrogens with one attached hydrogen (secondary N) is 1. The fourth-order valence-electron chi connectivity index (χ4n) is 1.76. The van der Waals surface area contributed by atoms with Crippen molar-refractivity contribution < 1.29 is 13.9 Å². The van der Waals surface area contributed by atoms with E-state index in [-0.39, 0.29) is 18.3 Å². The molecule has 0 fully saturated rings. The lowest BCUT2D eigenvalue weighted by molar-refractivity contribution is -0.123. The van der Waals surface area contributed by atoms with Crippen molar-refractivity contribution >= 4 is 17.7 Å². The molecular weight excluding hydrogens is 301 g/mol. The van der Waals surface area contributed by atoms with Gasteiger partial charge in [0.15, 0.2) is 18.2 Å². The number of thioether (sulfide) groups is 1. The van der Waals surface area contributed by atoms with Crippen LogP contribution in [0, 0.1) is 5.82 Å². The third kappa shape index (κ3) is 5.77. The highest BCUT2D eigenvalue weighted by Gasteiger charge is 2.05. The van der Waals surface area contributed by atoms with E-state index in [1.165, 1.54) is 17.0 Å². The molecule has 0 aliphatic heterocycles. The van der Waals surface area contributed by atoms with Crippen LogP contribution in [-0.2, 0) is 4.79 Å². The number of carbonyl (C=O) groups is 1. The summed E-state index contributed by atoms with van der Waals surface area (Å²) in [7, 11) is 0. The first-order valence-electron chi connectivity index (χ1n) is 7.07. The predicted molar refractivity (Wildman–Crippen MR) is 86.7 cm³/mol. The van der Waals surface area contributed by atoms with Gasteiger partial charge in [-0.05, 0) is 36.4 Å². The average Bonchev–Trinajstić information content (AvgIpc) is 2.55. The molecule has 2 aromatic rings. The Balaban J connectivity index is 1.57. The Morgan fingerprint density at radius 1 is 1.09 bits per heavy atom. The van der Waals surface area contributed by atoms with Crippen molar-refractivity contribution in [3.05, 3.63) is 60.4 Å². The van der Waals surface area contributed by atoms with Gasteiger partial charge in [0.2, 0.25) is 0 Å². The maximum Gasteiger partial charge on any atom is 0.257 e. The lowest BCUT2D eigenvalue weighted by atomic mass is 10.3. The second-order valence-electron chi connectivity index (χ2n) is 4.58. The molecule has 2 rings (SSSR count). The second kappa shape index (κ2) is 9.10. The van der Waals surface area contributed by atoms with Crippen molar-refractivity contribution in [1.82, 2.24) is 5.32 Å². The topological polar surface area (TPSA) is 38.3 Å². The molecule has 0 atom stereocenters. The van der Waals surface area contributed by atoms with E-state index in [2.05, 4.69) is 17.4 Å². The zero-order valence-corrected chi connectivity index (χ0v) is 12.9. The summed E-state index contributed by atoms with van der Waals surface area (Å²) in [6.45, 7) is 0.409. The normalized spacial score (nSPS) is 10.2. The summed E-state index contributed by atoms with van der Waals surface area (Å²) in [5, 5.41) is 2.76. The highest BCUT2D eigenvalue weighted by molar-refractivity contribution is 7.99. The van der Waals surface area contributed by atoms with Crippen molar-refractivity contribution in [2.24, 2.45) is 0 Å². The molecule has 0 heterocycles. The molecule has 0 bridgehead atoms. The number of ether oxygens (including phenoxy) is 1. The average molecular weight is 319 g/mol. The van der Waals surface area contributed by atoms with Crippen LogP contribution in [0.4, 0.5) is 4.39 Å². The summed E-state index contributed by atoms with van der Waals surface area (Å²) in [6, 6.07) is 16.2. The molecule has 3 nitrogen and oxygen atoms in total. The minimum absolute atomic E-state index is 0.0947. The summed E-state index contributed by atoms with van der Waals surface area (Å²) < 4.78 is 18.4. The van der Waals surface area contributed by atoms with E-state index in [1.54, 1.807) is 23.9 Å². The molecule has 22 heavy (non-hydrogen) atoms. The number of benzene rings is 2. The largest absolute Gasteiger partial charge is 0.481 e. The number of hydrogen-bond acceptors (Lipinski definition) is 3. The van der Waals surface area contributed by atoms with E-state index in [0.717, 1.165) is 12.2 Å². The smallest absolute Gasteiger partial charge is 0.257 e. The van der Waals surface area contributed by atoms with Crippen LogP contribution in [0.1, 0.15) is 6.42 Å². The number of carbonyl (C=O) groups excluding carboxylic acids is 1. The van der Waals surface area contributed by atoms with Gasteiger partial charge in [0, 0.05) is 11.4 Å². The number of amides is 1. The Bertz CT molecular complexity index is 592. The highest BCUT2D eigenvalue weighted by Crippen LogP contribution is 2.17. The maximum absolute atomic E-state index is 13.3. The van der Waals surface area contributed by atoms with Crippen LogP contribution >= 0.6 is 11.8 Å². The van der Waals surface area contributed by atoms with E-state index in [1.807, 2.05) is 18.2 Å². The molecule has 0 saturated heterocycles. The molecule has 0 saturated carbocycles. The first kappa shape index (κ1) is 16.4. The Morgan fingerprint density at radius 3 is 2.59 bits per heavy atom. The third-order valence-corrected chi connectivity index (χ3v) is 3.95. The molecule has 0 aromatic heterocycles. The molecule has 1 amide bonds. The quantitative estimate of drug-likeness (QED) is 0.598. The van der Waals surface area contributed by atoms with E-state index in [4.69, 9.17) is 4.74 Å². The summed E-state index contributed by atoms with van der Waals surface area (Å²) in [5.74, 6) is 0.318. The van der Waals surface area contributed by atoms with Crippen LogP contribution in [0.15, 0.2) is 59.5 Å². The Labute approximate surface area is 133 Å². The molecule has 2 aromatic carbocycles. The second-order valence-corrected chi connectivity index (χ2v) is 5.75. The maximum atomic E-state index is 13.3. The van der Waals surface area contributed by atoms with E-state index < -0.39 is 5.82 Å². The van der Waals surface area contributed by atoms with Crippen LogP contribution in [0.2, 0.25) is 0 Å². The molecule has 0 radical (unpaired) electrons. The Kier molecular flexibility index (Phi) is 6.77. The molecule has 0 spiro atoms. The van der Waals surface area contributed by atoms with Gasteiger partial charge in [0.05, 0.1) is 0 Å². The Morgan fingerprint density at radius 2 is 1.82 bits per heavy atom. The first-order valence-corrected chi connectivity index (χ1v) is 8.06. The number of rotatable bonds is 8. The van der Waals surface area contributed by atoms with Gasteiger partial charge in [-0.2, -0.15) is 0 Å². The Hall–Kier alpha value is -2.01. The lowest BCUT2D eigenvalue weighted by Gasteiger charge is -2.08. The van der Waals surface area contributed by atoms with E-state index in [0.29, 0.717) is 6.54 Å². The van der Waals surface area contributed by atoms with Crippen molar-refractivity contribution in [3.63, 3.8) is 0 Å². The monoisotopic (exact) mass is 319 g/mol. The van der Waals surface area contributed by atoms with Gasteiger partial charge in [-0.3, -0.25) is 4.79 Å². The van der Waals surface area contributed by atoms with Crippen LogP contribution in [0.3, 0.4) is 0 Å². The lowest BCUT2D eigenvalue weighted by Crippen LogP contribution is -2.30. The van der Waals surface area contributed by atoms with Crippen molar-refractivity contribution in [3.8, 4) is 5.75 Å². The molecule has 0 aliphatic carbocycles. The molecular formula is C17H18FNO2S. The summed E-state index contributed by atoms with van der Waals surface area (Å²) >= 11 is 1.75. The van der Waals surface area contributed by atoms with Gasteiger partial charge < -0.3 is 10.1 Å². The third-order valence-electron chi connectivity index (χ3n) is 2.85. The summed E-state index contributed by atoms with van der Waals surface area (Å²) in [5.41, 5.74) is 0. The number of hydrogen-bond donors (Lipinski definition) is 1. The minimum Gasteiger partial charge on any atom is -0.481 e. The van der Waals surface area contributed by atoms with Crippen molar-refractivity contribution in [2.75, 3.05) is 18.9 Å². The van der Waals surface area contributed by atoms with Gasteiger partial charge in [0.25, 0.3) is 5.91 Å². The standard InChI is InChI=1S/C17H18FNO2S/c18-15-9-4-5-10-16(15)21-13-17(20)19-11-6-12-22-14-7-2-1-3-8-14/h1-5,7-10H,6,11-13H2,(H,19,20). The molecule has 0 unspecified atom stereocenters. The fraction of sp³-hybridized carbons (Fsp3) is 0.235.